The Morgan fingerprint density at radius 3 is 2.53 bits per heavy atom. The summed E-state index contributed by atoms with van der Waals surface area (Å²) in [6, 6.07) is 6.10. The summed E-state index contributed by atoms with van der Waals surface area (Å²) in [4.78, 5) is 0. The van der Waals surface area contributed by atoms with Crippen molar-refractivity contribution in [2.45, 2.75) is 33.1 Å². The average molecular weight is 279 g/mol. The van der Waals surface area contributed by atoms with Crippen LogP contribution in [0.1, 0.15) is 38.7 Å². The molecule has 1 rings (SSSR count). The number of benzene rings is 1. The van der Waals surface area contributed by atoms with Gasteiger partial charge in [-0.15, -0.1) is 0 Å². The van der Waals surface area contributed by atoms with Gasteiger partial charge in [0.2, 0.25) is 0 Å². The Morgan fingerprint density at radius 2 is 1.89 bits per heavy atom. The van der Waals surface area contributed by atoms with Crippen LogP contribution in [0.5, 0.6) is 11.5 Å². The molecule has 0 saturated heterocycles. The van der Waals surface area contributed by atoms with E-state index in [-0.39, 0.29) is 0 Å². The third-order valence-electron chi connectivity index (χ3n) is 2.85. The van der Waals surface area contributed by atoms with Gasteiger partial charge >= 0.3 is 0 Å². The zero-order valence-electron chi connectivity index (χ0n) is 11.8. The van der Waals surface area contributed by atoms with Crippen LogP contribution in [0, 0.1) is 10.7 Å². The number of nitrogens with zero attached hydrogens (tertiary/aromatic N) is 1. The Kier molecular flexibility index (Phi) is 7.20. The minimum absolute atomic E-state index is 0.413. The van der Waals surface area contributed by atoms with Crippen molar-refractivity contribution >= 4 is 11.8 Å². The molecule has 0 aromatic heterocycles. The Hall–Kier alpha value is -1.34. The molecule has 104 valence electrons. The first-order valence-electron chi connectivity index (χ1n) is 6.63. The van der Waals surface area contributed by atoms with Crippen LogP contribution in [-0.2, 0) is 0 Å². The molecule has 3 nitrogen and oxygen atoms in total. The van der Waals surface area contributed by atoms with E-state index < -0.39 is 0 Å². The molecule has 1 unspecified atom stereocenters. The molecule has 1 aromatic carbocycles. The summed E-state index contributed by atoms with van der Waals surface area (Å²) in [6.45, 7) is 7.36. The Morgan fingerprint density at radius 1 is 1.21 bits per heavy atom. The first-order chi connectivity index (χ1) is 9.22. The summed E-state index contributed by atoms with van der Waals surface area (Å²) in [5.74, 6) is 2.87. The maximum Gasteiger partial charge on any atom is 0.161 e. The van der Waals surface area contributed by atoms with Crippen molar-refractivity contribution in [2.75, 3.05) is 19.0 Å². The van der Waals surface area contributed by atoms with Crippen molar-refractivity contribution < 1.29 is 9.47 Å². The number of thioether (sulfide) groups is 1. The maximum atomic E-state index is 8.54. The van der Waals surface area contributed by atoms with Gasteiger partial charge in [0.25, 0.3) is 0 Å². The van der Waals surface area contributed by atoms with Crippen LogP contribution in [0.2, 0.25) is 0 Å². The lowest BCUT2D eigenvalue weighted by Gasteiger charge is -2.15. The predicted molar refractivity (Wildman–Crippen MR) is 79.9 cm³/mol. The van der Waals surface area contributed by atoms with Crippen LogP contribution < -0.4 is 9.47 Å². The zero-order valence-corrected chi connectivity index (χ0v) is 12.6. The van der Waals surface area contributed by atoms with Crippen LogP contribution in [0.15, 0.2) is 18.2 Å². The van der Waals surface area contributed by atoms with E-state index in [0.29, 0.717) is 19.1 Å². The van der Waals surface area contributed by atoms with Gasteiger partial charge in [0.1, 0.15) is 5.40 Å². The Balaban J connectivity index is 2.79. The van der Waals surface area contributed by atoms with Crippen molar-refractivity contribution in [1.29, 1.82) is 5.26 Å². The van der Waals surface area contributed by atoms with Gasteiger partial charge in [0.15, 0.2) is 11.5 Å². The molecule has 0 aliphatic carbocycles. The minimum Gasteiger partial charge on any atom is -0.490 e. The average Bonchev–Trinajstić information content (AvgIpc) is 2.41. The summed E-state index contributed by atoms with van der Waals surface area (Å²) in [5, 5.41) is 10.6. The quantitative estimate of drug-likeness (QED) is 0.528. The molecule has 0 heterocycles. The predicted octanol–water partition coefficient (Wildman–Crippen LogP) is 4.19. The summed E-state index contributed by atoms with van der Waals surface area (Å²) < 4.78 is 11.2. The fraction of sp³-hybridized carbons (Fsp3) is 0.533. The molecule has 0 N–H and O–H groups in total. The molecular weight excluding hydrogens is 258 g/mol. The van der Waals surface area contributed by atoms with Crippen molar-refractivity contribution in [3.8, 4) is 16.9 Å². The second-order valence-electron chi connectivity index (χ2n) is 4.20. The van der Waals surface area contributed by atoms with Gasteiger partial charge < -0.3 is 9.47 Å². The number of rotatable bonds is 8. The number of thiocyanates is 1. The van der Waals surface area contributed by atoms with Crippen LogP contribution in [-0.4, -0.2) is 19.0 Å². The van der Waals surface area contributed by atoms with E-state index >= 15 is 0 Å². The van der Waals surface area contributed by atoms with Crippen LogP contribution in [0.25, 0.3) is 0 Å². The fourth-order valence-electron chi connectivity index (χ4n) is 1.82. The molecule has 19 heavy (non-hydrogen) atoms. The molecule has 0 aliphatic heterocycles. The van der Waals surface area contributed by atoms with Gasteiger partial charge in [-0.05, 0) is 55.6 Å². The first kappa shape index (κ1) is 15.7. The highest BCUT2D eigenvalue weighted by molar-refractivity contribution is 8.03. The van der Waals surface area contributed by atoms with Crippen LogP contribution >= 0.6 is 11.8 Å². The second kappa shape index (κ2) is 8.71. The smallest absolute Gasteiger partial charge is 0.161 e. The normalized spacial score (nSPS) is 11.7. The van der Waals surface area contributed by atoms with E-state index in [4.69, 9.17) is 14.7 Å². The summed E-state index contributed by atoms with van der Waals surface area (Å²) >= 11 is 1.31. The topological polar surface area (TPSA) is 42.2 Å². The molecule has 0 saturated carbocycles. The second-order valence-corrected chi connectivity index (χ2v) is 5.08. The molecule has 0 amide bonds. The summed E-state index contributed by atoms with van der Waals surface area (Å²) in [5.41, 5.74) is 1.23. The Bertz CT molecular complexity index is 429. The number of ether oxygens (including phenoxy) is 2. The van der Waals surface area contributed by atoms with Crippen molar-refractivity contribution in [1.82, 2.24) is 0 Å². The number of nitriles is 1. The van der Waals surface area contributed by atoms with Gasteiger partial charge in [0, 0.05) is 5.75 Å². The molecule has 4 heteroatoms. The molecule has 1 atom stereocenters. The Labute approximate surface area is 119 Å². The lowest BCUT2D eigenvalue weighted by molar-refractivity contribution is 0.287. The highest BCUT2D eigenvalue weighted by Crippen LogP contribution is 2.32. The molecular formula is C15H21NO2S. The van der Waals surface area contributed by atoms with Crippen LogP contribution in [0.3, 0.4) is 0 Å². The molecule has 0 spiro atoms. The van der Waals surface area contributed by atoms with E-state index in [0.717, 1.165) is 23.7 Å². The van der Waals surface area contributed by atoms with Gasteiger partial charge in [-0.1, -0.05) is 13.0 Å². The fourth-order valence-corrected chi connectivity index (χ4v) is 2.38. The van der Waals surface area contributed by atoms with E-state index in [1.807, 2.05) is 19.9 Å². The molecule has 0 bridgehead atoms. The maximum absolute atomic E-state index is 8.54. The van der Waals surface area contributed by atoms with Gasteiger partial charge in [0.05, 0.1) is 13.2 Å². The lowest BCUT2D eigenvalue weighted by Crippen LogP contribution is -2.01. The van der Waals surface area contributed by atoms with Crippen molar-refractivity contribution in [3.63, 3.8) is 0 Å². The van der Waals surface area contributed by atoms with E-state index in [2.05, 4.69) is 24.5 Å². The summed E-state index contributed by atoms with van der Waals surface area (Å²) in [7, 11) is 0. The third kappa shape index (κ3) is 5.04. The summed E-state index contributed by atoms with van der Waals surface area (Å²) in [6.07, 6.45) is 0.984. The highest BCUT2D eigenvalue weighted by Gasteiger charge is 2.11. The van der Waals surface area contributed by atoms with Gasteiger partial charge in [-0.25, -0.2) is 0 Å². The number of hydrogen-bond donors (Lipinski definition) is 0. The zero-order chi connectivity index (χ0) is 14.1. The number of hydrogen-bond acceptors (Lipinski definition) is 4. The largest absolute Gasteiger partial charge is 0.490 e. The van der Waals surface area contributed by atoms with E-state index in [1.165, 1.54) is 17.3 Å². The van der Waals surface area contributed by atoms with Crippen molar-refractivity contribution in [3.05, 3.63) is 23.8 Å². The standard InChI is InChI=1S/C15H21NO2S/c1-4-17-14-7-6-13(10-15(14)18-5-2)12(3)8-9-19-11-16/h6-7,10,12H,4-5,8-9H2,1-3H3. The third-order valence-corrected chi connectivity index (χ3v) is 3.42. The lowest BCUT2D eigenvalue weighted by atomic mass is 9.98. The molecule has 0 aliphatic rings. The van der Waals surface area contributed by atoms with Gasteiger partial charge in [-0.3, -0.25) is 0 Å². The van der Waals surface area contributed by atoms with E-state index in [9.17, 15) is 0 Å². The van der Waals surface area contributed by atoms with Crippen LogP contribution in [0.4, 0.5) is 0 Å². The molecule has 0 fully saturated rings. The SMILES string of the molecule is CCOc1ccc(C(C)CCSC#N)cc1OCC. The first-order valence-corrected chi connectivity index (χ1v) is 7.61. The molecule has 1 aromatic rings. The monoisotopic (exact) mass is 279 g/mol. The van der Waals surface area contributed by atoms with E-state index in [1.54, 1.807) is 0 Å². The van der Waals surface area contributed by atoms with Gasteiger partial charge in [-0.2, -0.15) is 5.26 Å². The van der Waals surface area contributed by atoms with Crippen molar-refractivity contribution in [2.24, 2.45) is 0 Å². The highest BCUT2D eigenvalue weighted by atomic mass is 32.2. The minimum atomic E-state index is 0.413. The molecule has 0 radical (unpaired) electrons.